The van der Waals surface area contributed by atoms with Crippen LogP contribution in [0.3, 0.4) is 0 Å². The lowest BCUT2D eigenvalue weighted by molar-refractivity contribution is -0.142. The van der Waals surface area contributed by atoms with Crippen molar-refractivity contribution in [1.29, 1.82) is 0 Å². The number of hydrogen-bond donors (Lipinski definition) is 0. The molecular weight excluding hydrogens is 368 g/mol. The van der Waals surface area contributed by atoms with Crippen LogP contribution in [0.25, 0.3) is 6.08 Å². The van der Waals surface area contributed by atoms with Gasteiger partial charge in [0.1, 0.15) is 6.04 Å². The number of fused-ring (bicyclic) bond motifs is 5. The van der Waals surface area contributed by atoms with Gasteiger partial charge in [-0.2, -0.15) is 0 Å². The summed E-state index contributed by atoms with van der Waals surface area (Å²) in [6.07, 6.45) is 4.00. The van der Waals surface area contributed by atoms with Gasteiger partial charge in [0.15, 0.2) is 5.78 Å². The molecule has 2 amide bonds. The SMILES string of the molecule is COCCN1C(=O)C2C(C1=O)C(C(=O)C(C)(C)C)N1c3ccc(C)cc3C=CC21. The monoisotopic (exact) mass is 396 g/mol. The number of nitrogens with zero attached hydrogens (tertiary/aromatic N) is 2. The number of carbonyl (C=O) groups is 3. The molecule has 29 heavy (non-hydrogen) atoms. The zero-order valence-corrected chi connectivity index (χ0v) is 17.6. The average Bonchev–Trinajstić information content (AvgIpc) is 3.12. The number of amides is 2. The summed E-state index contributed by atoms with van der Waals surface area (Å²) in [6, 6.07) is 5.14. The second-order valence-corrected chi connectivity index (χ2v) is 9.25. The molecule has 154 valence electrons. The number of imide groups is 1. The highest BCUT2D eigenvalue weighted by Crippen LogP contribution is 2.49. The van der Waals surface area contributed by atoms with Crippen molar-refractivity contribution in [3.8, 4) is 0 Å². The van der Waals surface area contributed by atoms with Crippen LogP contribution in [-0.2, 0) is 19.1 Å². The summed E-state index contributed by atoms with van der Waals surface area (Å²) in [7, 11) is 1.54. The lowest BCUT2D eigenvalue weighted by atomic mass is 9.79. The molecule has 0 radical (unpaired) electrons. The molecule has 1 aromatic carbocycles. The molecular formula is C23H28N2O4. The molecule has 3 aliphatic rings. The van der Waals surface area contributed by atoms with Crippen LogP contribution in [0.4, 0.5) is 5.69 Å². The Morgan fingerprint density at radius 2 is 1.83 bits per heavy atom. The molecule has 6 heteroatoms. The Kier molecular flexibility index (Phi) is 4.65. The third-order valence-corrected chi connectivity index (χ3v) is 6.28. The Balaban J connectivity index is 1.83. The molecule has 3 heterocycles. The average molecular weight is 396 g/mol. The second-order valence-electron chi connectivity index (χ2n) is 9.25. The van der Waals surface area contributed by atoms with Gasteiger partial charge < -0.3 is 9.64 Å². The minimum absolute atomic E-state index is 0.00781. The van der Waals surface area contributed by atoms with E-state index in [1.165, 1.54) is 4.90 Å². The van der Waals surface area contributed by atoms with E-state index in [0.717, 1.165) is 16.8 Å². The summed E-state index contributed by atoms with van der Waals surface area (Å²) >= 11 is 0. The first-order chi connectivity index (χ1) is 13.7. The van der Waals surface area contributed by atoms with Crippen LogP contribution >= 0.6 is 0 Å². The van der Waals surface area contributed by atoms with Crippen LogP contribution in [-0.4, -0.2) is 54.8 Å². The van der Waals surface area contributed by atoms with Gasteiger partial charge in [-0.15, -0.1) is 0 Å². The minimum atomic E-state index is -0.659. The molecule has 3 aliphatic heterocycles. The number of methoxy groups -OCH3 is 1. The molecule has 0 aromatic heterocycles. The highest BCUT2D eigenvalue weighted by atomic mass is 16.5. The van der Waals surface area contributed by atoms with Crippen molar-refractivity contribution in [2.75, 3.05) is 25.2 Å². The van der Waals surface area contributed by atoms with Crippen LogP contribution < -0.4 is 4.90 Å². The van der Waals surface area contributed by atoms with Crippen molar-refractivity contribution >= 4 is 29.4 Å². The molecule has 6 nitrogen and oxygen atoms in total. The lowest BCUT2D eigenvalue weighted by Gasteiger charge is -2.38. The van der Waals surface area contributed by atoms with E-state index in [1.807, 2.05) is 56.9 Å². The van der Waals surface area contributed by atoms with Gasteiger partial charge in [-0.1, -0.05) is 44.6 Å². The highest BCUT2D eigenvalue weighted by Gasteiger charge is 2.64. The number of likely N-dealkylation sites (tertiary alicyclic amines) is 1. The van der Waals surface area contributed by atoms with E-state index in [9.17, 15) is 14.4 Å². The van der Waals surface area contributed by atoms with Gasteiger partial charge >= 0.3 is 0 Å². The van der Waals surface area contributed by atoms with E-state index >= 15 is 0 Å². The van der Waals surface area contributed by atoms with Crippen LogP contribution in [0.1, 0.15) is 31.9 Å². The topological polar surface area (TPSA) is 66.9 Å². The fourth-order valence-electron chi connectivity index (χ4n) is 4.90. The normalized spacial score (nSPS) is 27.9. The first-order valence-corrected chi connectivity index (χ1v) is 10.1. The number of ketones is 1. The second kappa shape index (κ2) is 6.80. The van der Waals surface area contributed by atoms with Gasteiger partial charge in [0, 0.05) is 18.2 Å². The molecule has 0 saturated carbocycles. The molecule has 4 unspecified atom stereocenters. The van der Waals surface area contributed by atoms with Crippen LogP contribution in [0.2, 0.25) is 0 Å². The fraction of sp³-hybridized carbons (Fsp3) is 0.522. The fourth-order valence-corrected chi connectivity index (χ4v) is 4.90. The summed E-state index contributed by atoms with van der Waals surface area (Å²) in [4.78, 5) is 43.4. The number of Topliss-reactive ketones (excluding diaryl/α,β-unsaturated/α-hetero) is 1. The van der Waals surface area contributed by atoms with Gasteiger partial charge in [-0.3, -0.25) is 19.3 Å². The molecule has 0 N–H and O–H groups in total. The Hall–Kier alpha value is -2.47. The van der Waals surface area contributed by atoms with Crippen molar-refractivity contribution in [2.24, 2.45) is 17.3 Å². The van der Waals surface area contributed by atoms with Crippen molar-refractivity contribution in [3.63, 3.8) is 0 Å². The highest BCUT2D eigenvalue weighted by molar-refractivity contribution is 6.11. The summed E-state index contributed by atoms with van der Waals surface area (Å²) in [6.45, 7) is 8.16. The number of benzene rings is 1. The van der Waals surface area contributed by atoms with Gasteiger partial charge in [-0.25, -0.2) is 0 Å². The summed E-state index contributed by atoms with van der Waals surface area (Å²) < 4.78 is 5.08. The number of aryl methyl sites for hydroxylation is 1. The third-order valence-electron chi connectivity index (χ3n) is 6.28. The minimum Gasteiger partial charge on any atom is -0.383 e. The Bertz CT molecular complexity index is 914. The Morgan fingerprint density at radius 3 is 2.48 bits per heavy atom. The Labute approximate surface area is 171 Å². The van der Waals surface area contributed by atoms with E-state index in [1.54, 1.807) is 7.11 Å². The first-order valence-electron chi connectivity index (χ1n) is 10.1. The molecule has 2 saturated heterocycles. The van der Waals surface area contributed by atoms with E-state index in [4.69, 9.17) is 4.74 Å². The van der Waals surface area contributed by atoms with E-state index in [0.29, 0.717) is 6.61 Å². The van der Waals surface area contributed by atoms with Crippen LogP contribution in [0.5, 0.6) is 0 Å². The predicted molar refractivity (Wildman–Crippen MR) is 110 cm³/mol. The van der Waals surface area contributed by atoms with Crippen LogP contribution in [0.15, 0.2) is 24.3 Å². The van der Waals surface area contributed by atoms with Crippen LogP contribution in [0, 0.1) is 24.2 Å². The number of rotatable bonds is 4. The van der Waals surface area contributed by atoms with Gasteiger partial charge in [0.2, 0.25) is 11.8 Å². The first kappa shape index (κ1) is 19.8. The maximum Gasteiger partial charge on any atom is 0.235 e. The van der Waals surface area contributed by atoms with E-state index in [-0.39, 0.29) is 30.2 Å². The summed E-state index contributed by atoms with van der Waals surface area (Å²) in [5.74, 6) is -1.66. The third kappa shape index (κ3) is 2.92. The molecule has 0 bridgehead atoms. The summed E-state index contributed by atoms with van der Waals surface area (Å²) in [5.41, 5.74) is 2.44. The van der Waals surface area contributed by atoms with Gasteiger partial charge in [0.05, 0.1) is 31.0 Å². The lowest BCUT2D eigenvalue weighted by Crippen LogP contribution is -2.51. The van der Waals surface area contributed by atoms with E-state index < -0.39 is 23.3 Å². The zero-order valence-electron chi connectivity index (χ0n) is 17.6. The van der Waals surface area contributed by atoms with Crippen molar-refractivity contribution in [1.82, 2.24) is 4.90 Å². The summed E-state index contributed by atoms with van der Waals surface area (Å²) in [5, 5.41) is 0. The molecule has 4 rings (SSSR count). The Morgan fingerprint density at radius 1 is 1.14 bits per heavy atom. The zero-order chi connectivity index (χ0) is 21.1. The van der Waals surface area contributed by atoms with Crippen molar-refractivity contribution in [2.45, 2.75) is 39.8 Å². The van der Waals surface area contributed by atoms with Crippen molar-refractivity contribution in [3.05, 3.63) is 35.4 Å². The molecule has 1 aromatic rings. The van der Waals surface area contributed by atoms with E-state index in [2.05, 4.69) is 6.07 Å². The van der Waals surface area contributed by atoms with Crippen molar-refractivity contribution < 1.29 is 19.1 Å². The number of carbonyl (C=O) groups excluding carboxylic acids is 3. The molecule has 4 atom stereocenters. The van der Waals surface area contributed by atoms with Gasteiger partial charge in [-0.05, 0) is 24.6 Å². The standard InChI is InChI=1S/C23H28N2O4/c1-13-6-8-15-14(12-13)7-9-16-17-18(19(25(15)16)20(26)23(2,3)4)22(28)24(21(17)27)10-11-29-5/h6-9,12,16-19H,10-11H2,1-5H3. The molecule has 0 spiro atoms. The van der Waals surface area contributed by atoms with Gasteiger partial charge in [0.25, 0.3) is 0 Å². The smallest absolute Gasteiger partial charge is 0.235 e. The maximum atomic E-state index is 13.5. The number of hydrogen-bond acceptors (Lipinski definition) is 5. The number of anilines is 1. The maximum absolute atomic E-state index is 13.5. The molecule has 0 aliphatic carbocycles. The predicted octanol–water partition coefficient (Wildman–Crippen LogP) is 2.44. The quantitative estimate of drug-likeness (QED) is 0.732. The molecule has 2 fully saturated rings. The largest absolute Gasteiger partial charge is 0.383 e. The number of ether oxygens (including phenoxy) is 1.